The fourth-order valence-corrected chi connectivity index (χ4v) is 3.39. The lowest BCUT2D eigenvalue weighted by atomic mass is 10.1. The normalized spacial score (nSPS) is 11.4. The van der Waals surface area contributed by atoms with Crippen molar-refractivity contribution in [1.29, 1.82) is 0 Å². The third-order valence-corrected chi connectivity index (χ3v) is 5.33. The highest BCUT2D eigenvalue weighted by Gasteiger charge is 2.25. The second kappa shape index (κ2) is 11.1. The van der Waals surface area contributed by atoms with Gasteiger partial charge in [0.25, 0.3) is 5.91 Å². The smallest absolute Gasteiger partial charge is 0.293 e. The van der Waals surface area contributed by atoms with Crippen LogP contribution in [0.25, 0.3) is 5.82 Å². The fraction of sp³-hybridized carbons (Fsp3) is 0.250. The second-order valence-corrected chi connectivity index (χ2v) is 7.97. The van der Waals surface area contributed by atoms with E-state index in [0.717, 1.165) is 23.4 Å². The van der Waals surface area contributed by atoms with E-state index in [1.54, 1.807) is 6.92 Å². The predicted molar refractivity (Wildman–Crippen MR) is 134 cm³/mol. The summed E-state index contributed by atoms with van der Waals surface area (Å²) in [4.78, 5) is 15.0. The topological polar surface area (TPSA) is 150 Å². The van der Waals surface area contributed by atoms with E-state index in [9.17, 15) is 4.79 Å². The van der Waals surface area contributed by atoms with Gasteiger partial charge in [-0.15, -0.1) is 5.10 Å². The first-order valence-electron chi connectivity index (χ1n) is 11.3. The van der Waals surface area contributed by atoms with Crippen LogP contribution >= 0.6 is 0 Å². The average Bonchev–Trinajstić information content (AvgIpc) is 3.52. The van der Waals surface area contributed by atoms with E-state index < -0.39 is 5.91 Å². The number of anilines is 2. The van der Waals surface area contributed by atoms with Gasteiger partial charge in [0.2, 0.25) is 11.6 Å². The van der Waals surface area contributed by atoms with Crippen LogP contribution in [-0.2, 0) is 6.54 Å². The van der Waals surface area contributed by atoms with Crippen molar-refractivity contribution in [3.63, 3.8) is 0 Å². The summed E-state index contributed by atoms with van der Waals surface area (Å²) >= 11 is 0. The van der Waals surface area contributed by atoms with Gasteiger partial charge >= 0.3 is 0 Å². The van der Waals surface area contributed by atoms with E-state index in [-0.39, 0.29) is 23.9 Å². The van der Waals surface area contributed by atoms with E-state index in [1.165, 1.54) is 4.68 Å². The number of aromatic nitrogens is 5. The van der Waals surface area contributed by atoms with Gasteiger partial charge < -0.3 is 15.4 Å². The van der Waals surface area contributed by atoms with Crippen LogP contribution in [0.5, 0.6) is 5.75 Å². The number of ether oxygens (including phenoxy) is 1. The van der Waals surface area contributed by atoms with Gasteiger partial charge in [-0.25, -0.2) is 10.1 Å². The Kier molecular flexibility index (Phi) is 7.54. The molecule has 0 aliphatic carbocycles. The predicted octanol–water partition coefficient (Wildman–Crippen LogP) is 2.81. The molecule has 0 atom stereocenters. The minimum atomic E-state index is -0.532. The summed E-state index contributed by atoms with van der Waals surface area (Å²) < 4.78 is 11.7. The Morgan fingerprint density at radius 2 is 1.92 bits per heavy atom. The maximum atomic E-state index is 13.1. The summed E-state index contributed by atoms with van der Waals surface area (Å²) in [6.07, 6.45) is 0.932. The van der Waals surface area contributed by atoms with Crippen LogP contribution in [0.4, 0.5) is 11.5 Å². The lowest BCUT2D eigenvalue weighted by molar-refractivity contribution is 0.0948. The number of nitrogens with zero attached hydrogens (tertiary/aromatic N) is 7. The SMILES string of the molecule is CCCOc1ccc(/C(C)=N/NC(=O)c2nnn(-c3nonc3N)c2CN(C)c2ccccc2)cc1. The van der Waals surface area contributed by atoms with Crippen molar-refractivity contribution >= 4 is 23.1 Å². The lowest BCUT2D eigenvalue weighted by Crippen LogP contribution is -2.25. The van der Waals surface area contributed by atoms with Gasteiger partial charge in [-0.05, 0) is 65.6 Å². The highest BCUT2D eigenvalue weighted by Crippen LogP contribution is 2.20. The number of hydrazone groups is 1. The molecule has 0 aliphatic heterocycles. The van der Waals surface area contributed by atoms with Crippen molar-refractivity contribution in [2.75, 3.05) is 24.3 Å². The van der Waals surface area contributed by atoms with E-state index in [2.05, 4.69) is 38.1 Å². The molecule has 0 unspecified atom stereocenters. The molecule has 1 amide bonds. The number of carbonyl (C=O) groups is 1. The summed E-state index contributed by atoms with van der Waals surface area (Å²) in [6, 6.07) is 17.2. The minimum absolute atomic E-state index is 0.0238. The third-order valence-electron chi connectivity index (χ3n) is 5.33. The Labute approximate surface area is 207 Å². The molecule has 4 aromatic rings. The van der Waals surface area contributed by atoms with Gasteiger partial charge in [-0.3, -0.25) is 4.79 Å². The number of nitrogens with two attached hydrogens (primary N) is 1. The monoisotopic (exact) mass is 489 g/mol. The molecule has 186 valence electrons. The van der Waals surface area contributed by atoms with Gasteiger partial charge in [0.1, 0.15) is 5.75 Å². The van der Waals surface area contributed by atoms with Crippen LogP contribution in [0.3, 0.4) is 0 Å². The van der Waals surface area contributed by atoms with Crippen molar-refractivity contribution in [1.82, 2.24) is 30.7 Å². The van der Waals surface area contributed by atoms with E-state index >= 15 is 0 Å². The molecule has 4 rings (SSSR count). The van der Waals surface area contributed by atoms with Gasteiger partial charge in [0.15, 0.2) is 5.69 Å². The number of para-hydroxylation sites is 1. The molecule has 12 nitrogen and oxygen atoms in total. The first-order valence-corrected chi connectivity index (χ1v) is 11.3. The van der Waals surface area contributed by atoms with Crippen LogP contribution in [0.2, 0.25) is 0 Å². The van der Waals surface area contributed by atoms with Gasteiger partial charge in [-0.2, -0.15) is 9.78 Å². The van der Waals surface area contributed by atoms with Crippen molar-refractivity contribution < 1.29 is 14.2 Å². The molecule has 0 aliphatic rings. The molecule has 2 aromatic carbocycles. The maximum Gasteiger partial charge on any atom is 0.293 e. The van der Waals surface area contributed by atoms with Crippen molar-refractivity contribution in [2.45, 2.75) is 26.8 Å². The zero-order chi connectivity index (χ0) is 25.5. The number of benzene rings is 2. The molecule has 2 aromatic heterocycles. The quantitative estimate of drug-likeness (QED) is 0.253. The Bertz CT molecular complexity index is 1330. The highest BCUT2D eigenvalue weighted by atomic mass is 16.6. The van der Waals surface area contributed by atoms with Gasteiger partial charge in [0, 0.05) is 12.7 Å². The largest absolute Gasteiger partial charge is 0.494 e. The van der Waals surface area contributed by atoms with Crippen molar-refractivity contribution in [3.05, 3.63) is 71.5 Å². The number of carbonyl (C=O) groups excluding carboxylic acids is 1. The Balaban J connectivity index is 1.56. The number of amides is 1. The zero-order valence-corrected chi connectivity index (χ0v) is 20.3. The number of hydrogen-bond acceptors (Lipinski definition) is 10. The molecule has 0 bridgehead atoms. The second-order valence-electron chi connectivity index (χ2n) is 7.97. The Hall–Kier alpha value is -4.74. The zero-order valence-electron chi connectivity index (χ0n) is 20.3. The number of nitrogens with one attached hydrogen (secondary N) is 1. The number of rotatable bonds is 10. The van der Waals surface area contributed by atoms with Crippen LogP contribution < -0.4 is 20.8 Å². The van der Waals surface area contributed by atoms with Gasteiger partial charge in [-0.1, -0.05) is 30.3 Å². The molecule has 0 spiro atoms. The molecule has 0 saturated heterocycles. The van der Waals surface area contributed by atoms with E-state index in [1.807, 2.05) is 66.5 Å². The lowest BCUT2D eigenvalue weighted by Gasteiger charge is -2.19. The molecule has 12 heteroatoms. The minimum Gasteiger partial charge on any atom is -0.494 e. The first-order chi connectivity index (χ1) is 17.5. The third kappa shape index (κ3) is 5.49. The molecule has 0 radical (unpaired) electrons. The molecule has 0 saturated carbocycles. The summed E-state index contributed by atoms with van der Waals surface area (Å²) in [5.41, 5.74) is 11.3. The number of hydrogen-bond donors (Lipinski definition) is 2. The van der Waals surface area contributed by atoms with Crippen LogP contribution in [0, 0.1) is 0 Å². The van der Waals surface area contributed by atoms with Gasteiger partial charge in [0.05, 0.1) is 24.6 Å². The molecular weight excluding hydrogens is 462 g/mol. The summed E-state index contributed by atoms with van der Waals surface area (Å²) in [5.74, 6) is 0.414. The highest BCUT2D eigenvalue weighted by molar-refractivity contribution is 6.00. The molecule has 2 heterocycles. The molecule has 0 fully saturated rings. The maximum absolute atomic E-state index is 13.1. The fourth-order valence-electron chi connectivity index (χ4n) is 3.39. The number of nitrogen functional groups attached to an aromatic ring is 1. The summed E-state index contributed by atoms with van der Waals surface area (Å²) in [7, 11) is 1.88. The summed E-state index contributed by atoms with van der Waals surface area (Å²) in [6.45, 7) is 4.77. The molecular formula is C24H27N9O3. The Morgan fingerprint density at radius 1 is 1.17 bits per heavy atom. The Morgan fingerprint density at radius 3 is 2.58 bits per heavy atom. The van der Waals surface area contributed by atoms with E-state index in [0.29, 0.717) is 18.0 Å². The van der Waals surface area contributed by atoms with Crippen LogP contribution in [0.1, 0.15) is 42.0 Å². The van der Waals surface area contributed by atoms with Crippen LogP contribution in [0.15, 0.2) is 64.3 Å². The van der Waals surface area contributed by atoms with Crippen molar-refractivity contribution in [3.8, 4) is 11.6 Å². The first kappa shape index (κ1) is 24.4. The van der Waals surface area contributed by atoms with Crippen LogP contribution in [-0.4, -0.2) is 50.6 Å². The molecule has 36 heavy (non-hydrogen) atoms. The molecule has 3 N–H and O–H groups in total. The summed E-state index contributed by atoms with van der Waals surface area (Å²) in [5, 5.41) is 19.8. The van der Waals surface area contributed by atoms with Crippen molar-refractivity contribution in [2.24, 2.45) is 5.10 Å². The standard InChI is InChI=1S/C24H27N9O3/c1-4-14-35-19-12-10-17(11-13-19)16(2)26-28-24(34)21-20(15-32(3)18-8-6-5-7-9-18)33(31-27-21)23-22(25)29-36-30-23/h5-13H,4,14-15H2,1-3H3,(H2,25,29)(H,28,34)/b26-16+. The average molecular weight is 490 g/mol. The van der Waals surface area contributed by atoms with E-state index in [4.69, 9.17) is 15.1 Å².